The lowest BCUT2D eigenvalue weighted by Gasteiger charge is -2.09. The van der Waals surface area contributed by atoms with E-state index in [1.165, 1.54) is 0 Å². The lowest BCUT2D eigenvalue weighted by atomic mass is 10.0. The molecule has 2 N–H and O–H groups in total. The molecule has 0 aromatic heterocycles. The van der Waals surface area contributed by atoms with E-state index in [9.17, 15) is 13.2 Å². The molecule has 0 saturated heterocycles. The molecule has 0 aliphatic heterocycles. The van der Waals surface area contributed by atoms with Crippen molar-refractivity contribution in [2.75, 3.05) is 0 Å². The molecule has 6 heteroatoms. The van der Waals surface area contributed by atoms with Crippen LogP contribution >= 0.6 is 0 Å². The van der Waals surface area contributed by atoms with Gasteiger partial charge in [0.05, 0.1) is 4.90 Å². The van der Waals surface area contributed by atoms with Crippen LogP contribution in [0.25, 0.3) is 0 Å². The first kappa shape index (κ1) is 18.2. The Morgan fingerprint density at radius 3 is 2.21 bits per heavy atom. The Morgan fingerprint density at radius 2 is 1.62 bits per heavy atom. The van der Waals surface area contributed by atoms with E-state index in [4.69, 9.17) is 0 Å². The first-order valence-corrected chi connectivity index (χ1v) is 9.33. The van der Waals surface area contributed by atoms with Gasteiger partial charge in [0.15, 0.2) is 0 Å². The topological polar surface area (TPSA) is 75.3 Å². The maximum atomic E-state index is 12.2. The first-order valence-electron chi connectivity index (χ1n) is 7.84. The third-order valence-corrected chi connectivity index (χ3v) is 4.84. The number of hydrogen-bond acceptors (Lipinski definition) is 3. The van der Waals surface area contributed by atoms with Crippen LogP contribution < -0.4 is 10.3 Å². The molecule has 0 fully saturated rings. The van der Waals surface area contributed by atoms with Gasteiger partial charge in [-0.1, -0.05) is 44.2 Å². The average molecular weight is 346 g/mol. The van der Waals surface area contributed by atoms with E-state index in [0.29, 0.717) is 11.5 Å². The van der Waals surface area contributed by atoms with E-state index in [1.54, 1.807) is 54.6 Å². The fraction of sp³-hybridized carbons (Fsp3) is 0.278. The van der Waals surface area contributed by atoms with Crippen LogP contribution in [0.5, 0.6) is 0 Å². The third kappa shape index (κ3) is 5.18. The molecule has 0 atom stereocenters. The van der Waals surface area contributed by atoms with Crippen molar-refractivity contribution in [3.05, 3.63) is 65.7 Å². The molecule has 2 rings (SSSR count). The number of nitrogens with one attached hydrogen (secondary N) is 2. The highest BCUT2D eigenvalue weighted by Crippen LogP contribution is 2.13. The van der Waals surface area contributed by atoms with Crippen molar-refractivity contribution in [1.82, 2.24) is 10.3 Å². The number of hydrogen-bond donors (Lipinski definition) is 2. The number of amides is 1. The zero-order chi connectivity index (χ0) is 17.6. The van der Waals surface area contributed by atoms with Crippen molar-refractivity contribution >= 4 is 15.9 Å². The zero-order valence-electron chi connectivity index (χ0n) is 13.8. The summed E-state index contributed by atoms with van der Waals surface area (Å²) in [5.74, 6) is 0.0935. The smallest absolute Gasteiger partial charge is 0.266 e. The highest BCUT2D eigenvalue weighted by molar-refractivity contribution is 7.89. The number of hydrazine groups is 1. The Bertz CT molecular complexity index is 770. The molecule has 5 nitrogen and oxygen atoms in total. The molecular formula is C18H22N2O3S. The van der Waals surface area contributed by atoms with Gasteiger partial charge in [-0.3, -0.25) is 10.2 Å². The van der Waals surface area contributed by atoms with Gasteiger partial charge in [-0.05, 0) is 48.6 Å². The van der Waals surface area contributed by atoms with Crippen LogP contribution in [-0.4, -0.2) is 14.3 Å². The second kappa shape index (κ2) is 8.08. The van der Waals surface area contributed by atoms with Crippen LogP contribution in [0.3, 0.4) is 0 Å². The fourth-order valence-electron chi connectivity index (χ4n) is 2.12. The number of sulfonamides is 1. The van der Waals surface area contributed by atoms with E-state index in [0.717, 1.165) is 18.4 Å². The molecule has 128 valence electrons. The lowest BCUT2D eigenvalue weighted by molar-refractivity contribution is 0.0945. The monoisotopic (exact) mass is 346 g/mol. The molecule has 2 aromatic rings. The Labute approximate surface area is 143 Å². The van der Waals surface area contributed by atoms with Crippen LogP contribution in [0.15, 0.2) is 59.5 Å². The SMILES string of the molecule is CC(C)CCc1ccc(S(=O)(=O)NNC(=O)c2ccccc2)cc1. The summed E-state index contributed by atoms with van der Waals surface area (Å²) in [6.45, 7) is 4.30. The number of carbonyl (C=O) groups is 1. The molecule has 24 heavy (non-hydrogen) atoms. The molecule has 0 spiro atoms. The van der Waals surface area contributed by atoms with E-state index in [1.807, 2.05) is 0 Å². The van der Waals surface area contributed by atoms with Gasteiger partial charge in [0, 0.05) is 5.56 Å². The minimum atomic E-state index is -3.79. The quantitative estimate of drug-likeness (QED) is 0.757. The third-order valence-electron chi connectivity index (χ3n) is 3.58. The Balaban J connectivity index is 1.98. The first-order chi connectivity index (χ1) is 11.4. The summed E-state index contributed by atoms with van der Waals surface area (Å²) in [5, 5.41) is 0. The summed E-state index contributed by atoms with van der Waals surface area (Å²) in [4.78, 5) is 14.1. The number of benzene rings is 2. The molecule has 0 bridgehead atoms. The Morgan fingerprint density at radius 1 is 1.00 bits per heavy atom. The summed E-state index contributed by atoms with van der Waals surface area (Å²) >= 11 is 0. The van der Waals surface area contributed by atoms with Gasteiger partial charge < -0.3 is 0 Å². The van der Waals surface area contributed by atoms with Crippen LogP contribution in [0.4, 0.5) is 0 Å². The highest BCUT2D eigenvalue weighted by Gasteiger charge is 2.15. The van der Waals surface area contributed by atoms with Gasteiger partial charge in [-0.2, -0.15) is 0 Å². The number of rotatable bonds is 7. The molecule has 0 heterocycles. The molecule has 0 unspecified atom stereocenters. The van der Waals surface area contributed by atoms with Crippen LogP contribution in [0.1, 0.15) is 36.2 Å². The molecule has 0 aliphatic carbocycles. The van der Waals surface area contributed by atoms with Gasteiger partial charge in [-0.25, -0.2) is 8.42 Å². The van der Waals surface area contributed by atoms with Crippen molar-refractivity contribution < 1.29 is 13.2 Å². The Kier molecular flexibility index (Phi) is 6.11. The summed E-state index contributed by atoms with van der Waals surface area (Å²) in [7, 11) is -3.79. The summed E-state index contributed by atoms with van der Waals surface area (Å²) in [6.07, 6.45) is 1.97. The second-order valence-corrected chi connectivity index (χ2v) is 7.68. The van der Waals surface area contributed by atoms with Crippen LogP contribution in [0, 0.1) is 5.92 Å². The zero-order valence-corrected chi connectivity index (χ0v) is 14.6. The average Bonchev–Trinajstić information content (AvgIpc) is 2.59. The maximum absolute atomic E-state index is 12.2. The van der Waals surface area contributed by atoms with Crippen molar-refractivity contribution in [2.45, 2.75) is 31.6 Å². The summed E-state index contributed by atoms with van der Waals surface area (Å²) < 4.78 is 24.4. The van der Waals surface area contributed by atoms with Gasteiger partial charge >= 0.3 is 0 Å². The van der Waals surface area contributed by atoms with Crippen molar-refractivity contribution in [3.63, 3.8) is 0 Å². The molecular weight excluding hydrogens is 324 g/mol. The minimum Gasteiger partial charge on any atom is -0.273 e. The molecule has 0 radical (unpaired) electrons. The predicted octanol–water partition coefficient (Wildman–Crippen LogP) is 2.90. The highest BCUT2D eigenvalue weighted by atomic mass is 32.2. The van der Waals surface area contributed by atoms with Gasteiger partial charge in [0.25, 0.3) is 15.9 Å². The van der Waals surface area contributed by atoms with E-state index in [-0.39, 0.29) is 4.90 Å². The molecule has 0 aliphatic rings. The minimum absolute atomic E-state index is 0.115. The maximum Gasteiger partial charge on any atom is 0.266 e. The van der Waals surface area contributed by atoms with E-state index in [2.05, 4.69) is 24.1 Å². The van der Waals surface area contributed by atoms with E-state index < -0.39 is 15.9 Å². The van der Waals surface area contributed by atoms with Crippen LogP contribution in [-0.2, 0) is 16.4 Å². The summed E-state index contributed by atoms with van der Waals surface area (Å²) in [6, 6.07) is 15.1. The molecule has 1 amide bonds. The second-order valence-electron chi connectivity index (χ2n) is 6.00. The largest absolute Gasteiger partial charge is 0.273 e. The molecule has 0 saturated carbocycles. The summed E-state index contributed by atoms with van der Waals surface area (Å²) in [5.41, 5.74) is 3.69. The molecule has 2 aromatic carbocycles. The van der Waals surface area contributed by atoms with E-state index >= 15 is 0 Å². The van der Waals surface area contributed by atoms with Crippen molar-refractivity contribution in [1.29, 1.82) is 0 Å². The standard InChI is InChI=1S/C18H22N2O3S/c1-14(2)8-9-15-10-12-17(13-11-15)24(22,23)20-19-18(21)16-6-4-3-5-7-16/h3-7,10-14,20H,8-9H2,1-2H3,(H,19,21). The lowest BCUT2D eigenvalue weighted by Crippen LogP contribution is -2.41. The van der Waals surface area contributed by atoms with Crippen molar-refractivity contribution in [2.24, 2.45) is 5.92 Å². The number of aryl methyl sites for hydroxylation is 1. The van der Waals surface area contributed by atoms with Crippen molar-refractivity contribution in [3.8, 4) is 0 Å². The van der Waals surface area contributed by atoms with Gasteiger partial charge in [-0.15, -0.1) is 4.83 Å². The fourth-order valence-corrected chi connectivity index (χ4v) is 2.96. The predicted molar refractivity (Wildman–Crippen MR) is 93.8 cm³/mol. The Hall–Kier alpha value is -2.18. The normalized spacial score (nSPS) is 11.5. The van der Waals surface area contributed by atoms with Gasteiger partial charge in [0.2, 0.25) is 0 Å². The van der Waals surface area contributed by atoms with Crippen LogP contribution in [0.2, 0.25) is 0 Å². The van der Waals surface area contributed by atoms with Gasteiger partial charge in [0.1, 0.15) is 0 Å². The number of carbonyl (C=O) groups excluding carboxylic acids is 1.